The normalized spacial score (nSPS) is 21.3. The lowest BCUT2D eigenvalue weighted by atomic mass is 9.87. The Labute approximate surface area is 113 Å². The molecule has 0 amide bonds. The zero-order valence-corrected chi connectivity index (χ0v) is 12.9. The van der Waals surface area contributed by atoms with Gasteiger partial charge in [-0.05, 0) is 44.9 Å². The third-order valence-corrected chi connectivity index (χ3v) is 4.31. The van der Waals surface area contributed by atoms with Gasteiger partial charge in [-0.1, -0.05) is 13.8 Å². The molecule has 2 atom stereocenters. The number of hydrogen-bond acceptors (Lipinski definition) is 3. The molecule has 3 heteroatoms. The summed E-state index contributed by atoms with van der Waals surface area (Å²) in [5.74, 6) is 1.55. The Bertz CT molecular complexity index is 241. The van der Waals surface area contributed by atoms with Crippen LogP contribution < -0.4 is 5.73 Å². The van der Waals surface area contributed by atoms with E-state index in [0.29, 0.717) is 12.0 Å². The van der Waals surface area contributed by atoms with Gasteiger partial charge in [-0.3, -0.25) is 4.90 Å². The van der Waals surface area contributed by atoms with Gasteiger partial charge in [0.1, 0.15) is 0 Å². The average Bonchev–Trinajstić information content (AvgIpc) is 3.12. The Morgan fingerprint density at radius 2 is 1.94 bits per heavy atom. The van der Waals surface area contributed by atoms with Crippen LogP contribution in [0, 0.1) is 11.8 Å². The van der Waals surface area contributed by atoms with Crippen molar-refractivity contribution in [2.45, 2.75) is 58.5 Å². The van der Waals surface area contributed by atoms with Gasteiger partial charge in [0.2, 0.25) is 0 Å². The molecule has 1 fully saturated rings. The molecule has 1 aliphatic carbocycles. The number of rotatable bonds is 9. The predicted octanol–water partition coefficient (Wildman–Crippen LogP) is 2.50. The quantitative estimate of drug-likeness (QED) is 0.689. The van der Waals surface area contributed by atoms with Crippen molar-refractivity contribution in [2.75, 3.05) is 26.8 Å². The second kappa shape index (κ2) is 6.88. The van der Waals surface area contributed by atoms with E-state index in [1.165, 1.54) is 12.8 Å². The monoisotopic (exact) mass is 256 g/mol. The van der Waals surface area contributed by atoms with Gasteiger partial charge < -0.3 is 10.5 Å². The summed E-state index contributed by atoms with van der Waals surface area (Å²) < 4.78 is 5.28. The second-order valence-corrected chi connectivity index (χ2v) is 6.56. The van der Waals surface area contributed by atoms with E-state index >= 15 is 0 Å². The summed E-state index contributed by atoms with van der Waals surface area (Å²) in [4.78, 5) is 2.61. The van der Waals surface area contributed by atoms with E-state index in [-0.39, 0.29) is 5.54 Å². The lowest BCUT2D eigenvalue weighted by molar-refractivity contribution is 0.0193. The topological polar surface area (TPSA) is 38.5 Å². The molecule has 0 saturated heterocycles. The van der Waals surface area contributed by atoms with Crippen molar-refractivity contribution in [3.8, 4) is 0 Å². The molecule has 0 radical (unpaired) electrons. The third kappa shape index (κ3) is 4.22. The van der Waals surface area contributed by atoms with Crippen molar-refractivity contribution in [3.05, 3.63) is 0 Å². The highest BCUT2D eigenvalue weighted by Crippen LogP contribution is 2.38. The average molecular weight is 256 g/mol. The Morgan fingerprint density at radius 3 is 2.33 bits per heavy atom. The molecule has 1 rings (SSSR count). The minimum Gasteiger partial charge on any atom is -0.383 e. The highest BCUT2D eigenvalue weighted by Gasteiger charge is 2.40. The van der Waals surface area contributed by atoms with Crippen molar-refractivity contribution in [1.29, 1.82) is 0 Å². The molecule has 0 spiro atoms. The molecule has 0 aliphatic heterocycles. The van der Waals surface area contributed by atoms with Crippen molar-refractivity contribution in [1.82, 2.24) is 4.90 Å². The SMILES string of the molecule is COCCN(C(C)C1CC1)C(C)(CN)CC(C)C. The van der Waals surface area contributed by atoms with Crippen LogP contribution >= 0.6 is 0 Å². The molecule has 108 valence electrons. The fraction of sp³-hybridized carbons (Fsp3) is 1.00. The fourth-order valence-electron chi connectivity index (χ4n) is 3.19. The number of hydrogen-bond donors (Lipinski definition) is 1. The first-order valence-electron chi connectivity index (χ1n) is 7.40. The molecular weight excluding hydrogens is 224 g/mol. The lowest BCUT2D eigenvalue weighted by Crippen LogP contribution is -2.57. The molecule has 0 aromatic heterocycles. The van der Waals surface area contributed by atoms with Crippen LogP contribution in [0.4, 0.5) is 0 Å². The number of nitrogens with zero attached hydrogens (tertiary/aromatic N) is 1. The van der Waals surface area contributed by atoms with Crippen LogP contribution in [0.5, 0.6) is 0 Å². The summed E-state index contributed by atoms with van der Waals surface area (Å²) >= 11 is 0. The summed E-state index contributed by atoms with van der Waals surface area (Å²) in [7, 11) is 1.78. The molecule has 0 heterocycles. The third-order valence-electron chi connectivity index (χ3n) is 4.31. The van der Waals surface area contributed by atoms with E-state index in [0.717, 1.165) is 32.0 Å². The van der Waals surface area contributed by atoms with E-state index in [4.69, 9.17) is 10.5 Å². The van der Waals surface area contributed by atoms with Crippen LogP contribution in [0.25, 0.3) is 0 Å². The Hall–Kier alpha value is -0.120. The van der Waals surface area contributed by atoms with E-state index in [1.54, 1.807) is 7.11 Å². The molecular formula is C15H32N2O. The fourth-order valence-corrected chi connectivity index (χ4v) is 3.19. The minimum absolute atomic E-state index is 0.106. The van der Waals surface area contributed by atoms with E-state index in [2.05, 4.69) is 32.6 Å². The van der Waals surface area contributed by atoms with Gasteiger partial charge in [-0.15, -0.1) is 0 Å². The van der Waals surface area contributed by atoms with Gasteiger partial charge in [0.25, 0.3) is 0 Å². The maximum Gasteiger partial charge on any atom is 0.0590 e. The van der Waals surface area contributed by atoms with E-state index in [9.17, 15) is 0 Å². The lowest BCUT2D eigenvalue weighted by Gasteiger charge is -2.45. The predicted molar refractivity (Wildman–Crippen MR) is 77.7 cm³/mol. The first-order chi connectivity index (χ1) is 8.44. The van der Waals surface area contributed by atoms with Crippen molar-refractivity contribution in [2.24, 2.45) is 17.6 Å². The summed E-state index contributed by atoms with van der Waals surface area (Å²) in [6.07, 6.45) is 3.92. The summed E-state index contributed by atoms with van der Waals surface area (Å²) in [6.45, 7) is 11.8. The van der Waals surface area contributed by atoms with Gasteiger partial charge in [0.15, 0.2) is 0 Å². The number of nitrogens with two attached hydrogens (primary N) is 1. The van der Waals surface area contributed by atoms with Crippen LogP contribution in [0.2, 0.25) is 0 Å². The standard InChI is InChI=1S/C15H32N2O/c1-12(2)10-15(4,11-16)17(8-9-18-5)13(3)14-6-7-14/h12-14H,6-11,16H2,1-5H3. The minimum atomic E-state index is 0.106. The molecule has 0 aromatic rings. The van der Waals surface area contributed by atoms with Crippen LogP contribution in [-0.2, 0) is 4.74 Å². The van der Waals surface area contributed by atoms with Crippen molar-refractivity contribution >= 4 is 0 Å². The Balaban J connectivity index is 2.75. The molecule has 18 heavy (non-hydrogen) atoms. The van der Waals surface area contributed by atoms with Gasteiger partial charge in [-0.25, -0.2) is 0 Å². The van der Waals surface area contributed by atoms with Crippen LogP contribution in [-0.4, -0.2) is 43.3 Å². The molecule has 3 nitrogen and oxygen atoms in total. The van der Waals surface area contributed by atoms with Gasteiger partial charge >= 0.3 is 0 Å². The van der Waals surface area contributed by atoms with Crippen LogP contribution in [0.3, 0.4) is 0 Å². The summed E-state index contributed by atoms with van der Waals surface area (Å²) in [5.41, 5.74) is 6.21. The maximum atomic E-state index is 6.10. The molecule has 0 aromatic carbocycles. The highest BCUT2D eigenvalue weighted by atomic mass is 16.5. The first kappa shape index (κ1) is 15.9. The summed E-state index contributed by atoms with van der Waals surface area (Å²) in [6, 6.07) is 0.632. The Morgan fingerprint density at radius 1 is 1.33 bits per heavy atom. The number of ether oxygens (including phenoxy) is 1. The molecule has 1 aliphatic rings. The van der Waals surface area contributed by atoms with Crippen molar-refractivity contribution in [3.63, 3.8) is 0 Å². The Kier molecular flexibility index (Phi) is 6.09. The maximum absolute atomic E-state index is 6.10. The second-order valence-electron chi connectivity index (χ2n) is 6.56. The van der Waals surface area contributed by atoms with Gasteiger partial charge in [0.05, 0.1) is 6.61 Å². The summed E-state index contributed by atoms with van der Waals surface area (Å²) in [5, 5.41) is 0. The molecule has 2 unspecified atom stereocenters. The van der Waals surface area contributed by atoms with Crippen LogP contribution in [0.1, 0.15) is 47.0 Å². The van der Waals surface area contributed by atoms with E-state index in [1.807, 2.05) is 0 Å². The number of methoxy groups -OCH3 is 1. The zero-order valence-electron chi connectivity index (χ0n) is 12.9. The van der Waals surface area contributed by atoms with Crippen molar-refractivity contribution < 1.29 is 4.74 Å². The van der Waals surface area contributed by atoms with E-state index < -0.39 is 0 Å². The zero-order chi connectivity index (χ0) is 13.8. The molecule has 1 saturated carbocycles. The highest BCUT2D eigenvalue weighted by molar-refractivity contribution is 4.95. The largest absolute Gasteiger partial charge is 0.383 e. The van der Waals surface area contributed by atoms with Gasteiger partial charge in [-0.2, -0.15) is 0 Å². The van der Waals surface area contributed by atoms with Crippen LogP contribution in [0.15, 0.2) is 0 Å². The molecule has 2 N–H and O–H groups in total. The smallest absolute Gasteiger partial charge is 0.0590 e. The van der Waals surface area contributed by atoms with Gasteiger partial charge in [0, 0.05) is 31.8 Å². The molecule has 0 bridgehead atoms. The first-order valence-corrected chi connectivity index (χ1v) is 7.40.